The second kappa shape index (κ2) is 5.48. The zero-order valence-electron chi connectivity index (χ0n) is 8.56. The molecule has 0 aromatic heterocycles. The molecule has 16 heavy (non-hydrogen) atoms. The maximum atomic E-state index is 12.9. The maximum absolute atomic E-state index is 12.9. The van der Waals surface area contributed by atoms with Crippen LogP contribution in [0, 0.1) is 5.82 Å². The van der Waals surface area contributed by atoms with E-state index < -0.39 is 17.8 Å². The molecule has 1 amide bonds. The van der Waals surface area contributed by atoms with Gasteiger partial charge in [0.25, 0.3) is 0 Å². The summed E-state index contributed by atoms with van der Waals surface area (Å²) in [7, 11) is 0. The molecule has 1 rings (SSSR count). The molecule has 0 spiro atoms. The van der Waals surface area contributed by atoms with Gasteiger partial charge in [-0.15, -0.1) is 0 Å². The van der Waals surface area contributed by atoms with Crippen molar-refractivity contribution >= 4 is 34.8 Å². The minimum absolute atomic E-state index is 0.0432. The Labute approximate surface area is 103 Å². The average Bonchev–Trinajstić information content (AvgIpc) is 2.21. The highest BCUT2D eigenvalue weighted by atomic mass is 35.5. The Bertz CT molecular complexity index is 389. The second-order valence-corrected chi connectivity index (χ2v) is 4.06. The van der Waals surface area contributed by atoms with Crippen molar-refractivity contribution in [3.8, 4) is 0 Å². The third-order valence-corrected chi connectivity index (χ3v) is 2.63. The van der Waals surface area contributed by atoms with Crippen LogP contribution < -0.4 is 11.1 Å². The highest BCUT2D eigenvalue weighted by Crippen LogP contribution is 2.31. The summed E-state index contributed by atoms with van der Waals surface area (Å²) in [5.41, 5.74) is 5.70. The van der Waals surface area contributed by atoms with Gasteiger partial charge >= 0.3 is 0 Å². The first-order valence-electron chi connectivity index (χ1n) is 4.66. The van der Waals surface area contributed by atoms with Crippen molar-refractivity contribution in [1.29, 1.82) is 0 Å². The van der Waals surface area contributed by atoms with Gasteiger partial charge in [0.15, 0.2) is 0 Å². The van der Waals surface area contributed by atoms with E-state index in [1.54, 1.807) is 6.92 Å². The van der Waals surface area contributed by atoms with Gasteiger partial charge in [-0.1, -0.05) is 30.1 Å². The van der Waals surface area contributed by atoms with E-state index >= 15 is 0 Å². The van der Waals surface area contributed by atoms with Gasteiger partial charge in [0.05, 0.1) is 21.8 Å². The lowest BCUT2D eigenvalue weighted by Gasteiger charge is -2.12. The normalized spacial score (nSPS) is 12.3. The van der Waals surface area contributed by atoms with Crippen molar-refractivity contribution in [3.05, 3.63) is 28.0 Å². The molecule has 0 saturated heterocycles. The minimum Gasteiger partial charge on any atom is -0.322 e. The van der Waals surface area contributed by atoms with Crippen molar-refractivity contribution in [2.45, 2.75) is 19.4 Å². The fourth-order valence-electron chi connectivity index (χ4n) is 1.06. The Morgan fingerprint density at radius 1 is 1.50 bits per heavy atom. The summed E-state index contributed by atoms with van der Waals surface area (Å²) in [6, 6.07) is 1.50. The number of anilines is 1. The summed E-state index contributed by atoms with van der Waals surface area (Å²) in [5, 5.41) is 2.55. The molecular formula is C10H11Cl2FN2O. The highest BCUT2D eigenvalue weighted by molar-refractivity contribution is 6.39. The van der Waals surface area contributed by atoms with Crippen LogP contribution in [0.5, 0.6) is 0 Å². The van der Waals surface area contributed by atoms with Crippen LogP contribution in [-0.2, 0) is 4.79 Å². The van der Waals surface area contributed by atoms with E-state index in [-0.39, 0.29) is 15.7 Å². The van der Waals surface area contributed by atoms with Crippen LogP contribution in [-0.4, -0.2) is 11.9 Å². The molecule has 3 N–H and O–H groups in total. The molecule has 1 aromatic carbocycles. The SMILES string of the molecule is CC[C@H](N)C(=O)Nc1c(Cl)cc(F)cc1Cl. The molecule has 0 bridgehead atoms. The number of rotatable bonds is 3. The fourth-order valence-corrected chi connectivity index (χ4v) is 1.62. The van der Waals surface area contributed by atoms with Crippen molar-refractivity contribution in [3.63, 3.8) is 0 Å². The first-order chi connectivity index (χ1) is 7.45. The number of amides is 1. The van der Waals surface area contributed by atoms with Crippen LogP contribution in [0.3, 0.4) is 0 Å². The van der Waals surface area contributed by atoms with Gasteiger partial charge < -0.3 is 11.1 Å². The molecule has 0 aliphatic rings. The largest absolute Gasteiger partial charge is 0.322 e. The van der Waals surface area contributed by atoms with Crippen LogP contribution in [0.4, 0.5) is 10.1 Å². The lowest BCUT2D eigenvalue weighted by Crippen LogP contribution is -2.35. The molecule has 0 aliphatic carbocycles. The number of nitrogens with one attached hydrogen (secondary N) is 1. The van der Waals surface area contributed by atoms with E-state index in [4.69, 9.17) is 28.9 Å². The van der Waals surface area contributed by atoms with E-state index in [9.17, 15) is 9.18 Å². The van der Waals surface area contributed by atoms with Gasteiger partial charge in [-0.2, -0.15) is 0 Å². The zero-order valence-corrected chi connectivity index (χ0v) is 10.1. The maximum Gasteiger partial charge on any atom is 0.241 e. The number of hydrogen-bond acceptors (Lipinski definition) is 2. The summed E-state index contributed by atoms with van der Waals surface area (Å²) in [6.45, 7) is 1.78. The lowest BCUT2D eigenvalue weighted by atomic mass is 10.2. The predicted octanol–water partition coefficient (Wildman–Crippen LogP) is 2.81. The molecule has 0 fully saturated rings. The van der Waals surface area contributed by atoms with Gasteiger partial charge in [0.1, 0.15) is 5.82 Å². The van der Waals surface area contributed by atoms with Gasteiger partial charge in [0, 0.05) is 0 Å². The zero-order chi connectivity index (χ0) is 12.3. The standard InChI is InChI=1S/C10H11Cl2FN2O/c1-2-8(14)10(16)15-9-6(11)3-5(13)4-7(9)12/h3-4,8H,2,14H2,1H3,(H,15,16)/t8-/m0/s1. The van der Waals surface area contributed by atoms with E-state index in [0.29, 0.717) is 6.42 Å². The van der Waals surface area contributed by atoms with Crippen LogP contribution in [0.1, 0.15) is 13.3 Å². The number of carbonyl (C=O) groups is 1. The summed E-state index contributed by atoms with van der Waals surface area (Å²) >= 11 is 11.5. The minimum atomic E-state index is -0.641. The van der Waals surface area contributed by atoms with Crippen LogP contribution in [0.25, 0.3) is 0 Å². The quantitative estimate of drug-likeness (QED) is 0.882. The van der Waals surface area contributed by atoms with E-state index in [1.807, 2.05) is 0 Å². The first-order valence-corrected chi connectivity index (χ1v) is 5.42. The molecule has 0 aliphatic heterocycles. The smallest absolute Gasteiger partial charge is 0.241 e. The molecule has 88 valence electrons. The Morgan fingerprint density at radius 2 is 2.00 bits per heavy atom. The lowest BCUT2D eigenvalue weighted by molar-refractivity contribution is -0.117. The third kappa shape index (κ3) is 3.07. The Kier molecular flexibility index (Phi) is 4.53. The topological polar surface area (TPSA) is 55.1 Å². The Balaban J connectivity index is 2.93. The third-order valence-electron chi connectivity index (χ3n) is 2.03. The van der Waals surface area contributed by atoms with Crippen molar-refractivity contribution in [1.82, 2.24) is 0 Å². The van der Waals surface area contributed by atoms with Gasteiger partial charge in [-0.05, 0) is 18.6 Å². The molecule has 3 nitrogen and oxygen atoms in total. The molecule has 0 saturated carbocycles. The molecule has 0 heterocycles. The number of benzene rings is 1. The number of carbonyl (C=O) groups excluding carboxylic acids is 1. The van der Waals surface area contributed by atoms with Crippen molar-refractivity contribution < 1.29 is 9.18 Å². The highest BCUT2D eigenvalue weighted by Gasteiger charge is 2.15. The first kappa shape index (κ1) is 13.2. The molecule has 6 heteroatoms. The Hall–Kier alpha value is -0.840. The molecule has 0 unspecified atom stereocenters. The number of hydrogen-bond donors (Lipinski definition) is 2. The van der Waals surface area contributed by atoms with Crippen molar-refractivity contribution in [2.24, 2.45) is 5.73 Å². The van der Waals surface area contributed by atoms with E-state index in [1.165, 1.54) is 0 Å². The monoisotopic (exact) mass is 264 g/mol. The molecular weight excluding hydrogens is 254 g/mol. The second-order valence-electron chi connectivity index (χ2n) is 3.25. The molecule has 1 atom stereocenters. The molecule has 1 aromatic rings. The fraction of sp³-hybridized carbons (Fsp3) is 0.300. The summed E-state index contributed by atoms with van der Waals surface area (Å²) < 4.78 is 12.9. The van der Waals surface area contributed by atoms with Crippen LogP contribution in [0.15, 0.2) is 12.1 Å². The van der Waals surface area contributed by atoms with Crippen molar-refractivity contribution in [2.75, 3.05) is 5.32 Å². The van der Waals surface area contributed by atoms with Gasteiger partial charge in [0.2, 0.25) is 5.91 Å². The summed E-state index contributed by atoms with van der Waals surface area (Å²) in [5.74, 6) is -0.967. The van der Waals surface area contributed by atoms with Crippen LogP contribution in [0.2, 0.25) is 10.0 Å². The Morgan fingerprint density at radius 3 is 2.44 bits per heavy atom. The number of halogens is 3. The summed E-state index contributed by atoms with van der Waals surface area (Å²) in [4.78, 5) is 11.5. The van der Waals surface area contributed by atoms with Gasteiger partial charge in [-0.25, -0.2) is 4.39 Å². The van der Waals surface area contributed by atoms with Crippen LogP contribution >= 0.6 is 23.2 Å². The number of nitrogens with two attached hydrogens (primary N) is 1. The van der Waals surface area contributed by atoms with Gasteiger partial charge in [-0.3, -0.25) is 4.79 Å². The summed E-state index contributed by atoms with van der Waals surface area (Å²) in [6.07, 6.45) is 0.488. The van der Waals surface area contributed by atoms with E-state index in [0.717, 1.165) is 12.1 Å². The average molecular weight is 265 g/mol. The molecule has 0 radical (unpaired) electrons. The predicted molar refractivity (Wildman–Crippen MR) is 63.3 cm³/mol. The van der Waals surface area contributed by atoms with E-state index in [2.05, 4.69) is 5.32 Å².